The van der Waals surface area contributed by atoms with Gasteiger partial charge in [0.05, 0.1) is 97.2 Å². The van der Waals surface area contributed by atoms with Crippen molar-refractivity contribution in [1.29, 1.82) is 0 Å². The molecular formula is C32H3Cl15N8O. The molecule has 2 atom stereocenters. The summed E-state index contributed by atoms with van der Waals surface area (Å²) in [5.74, 6) is -0.106. The molecule has 1 aromatic heterocycles. The summed E-state index contributed by atoms with van der Waals surface area (Å²) in [6, 6.07) is 1.46. The minimum atomic E-state index is -1.34. The first-order chi connectivity index (χ1) is 26.5. The molecule has 5 aliphatic heterocycles. The molecule has 56 heavy (non-hydrogen) atoms. The van der Waals surface area contributed by atoms with Crippen molar-refractivity contribution in [3.8, 4) is 0 Å². The highest BCUT2D eigenvalue weighted by molar-refractivity contribution is 6.57. The first-order valence-electron chi connectivity index (χ1n) is 15.1. The maximum Gasteiger partial charge on any atom is 0.190 e. The Morgan fingerprint density at radius 1 is 0.429 bits per heavy atom. The van der Waals surface area contributed by atoms with E-state index in [0.29, 0.717) is 5.56 Å². The minimum Gasteiger partial charge on any atom is -0.279 e. The Hall–Kier alpha value is -1.35. The van der Waals surface area contributed by atoms with Gasteiger partial charge in [-0.05, 0) is 6.07 Å². The Balaban J connectivity index is 1.48. The fraction of sp³-hybridized carbons (Fsp3) is 0.0625. The topological polar surface area (TPSA) is 91.6 Å². The van der Waals surface area contributed by atoms with Crippen LogP contribution in [0.4, 0.5) is 0 Å². The Kier molecular flexibility index (Phi) is 9.24. The predicted molar refractivity (Wildman–Crippen MR) is 229 cm³/mol. The lowest BCUT2D eigenvalue weighted by atomic mass is 10.1. The van der Waals surface area contributed by atoms with Crippen LogP contribution in [0, 0.1) is 0 Å². The van der Waals surface area contributed by atoms with Gasteiger partial charge < -0.3 is 0 Å². The molecule has 0 saturated heterocycles. The van der Waals surface area contributed by atoms with Gasteiger partial charge in [-0.2, -0.15) is 0 Å². The number of rotatable bonds is 0. The molecule has 6 heterocycles. The van der Waals surface area contributed by atoms with E-state index in [1.54, 1.807) is 0 Å². The number of nitrogens with zero attached hydrogens (tertiary/aromatic N) is 8. The van der Waals surface area contributed by atoms with Crippen molar-refractivity contribution in [2.75, 3.05) is 0 Å². The first-order valence-corrected chi connectivity index (χ1v) is 20.7. The number of amidine groups is 4. The van der Waals surface area contributed by atoms with Gasteiger partial charge in [0.1, 0.15) is 0 Å². The average Bonchev–Trinajstić information content (AvgIpc) is 3.88. The molecule has 282 valence electrons. The highest BCUT2D eigenvalue weighted by atomic mass is 35.5. The number of fused-ring (bicyclic) bond motifs is 14. The lowest BCUT2D eigenvalue weighted by Crippen LogP contribution is -2.46. The molecule has 0 spiro atoms. The summed E-state index contributed by atoms with van der Waals surface area (Å²) in [5, 5.41) is 0.814. The number of aromatic nitrogens is 1. The summed E-state index contributed by atoms with van der Waals surface area (Å²) in [4.78, 5) is 36.3. The van der Waals surface area contributed by atoms with Gasteiger partial charge in [0.2, 0.25) is 0 Å². The number of aliphatic imine (C=N–C) groups is 4. The fourth-order valence-electron chi connectivity index (χ4n) is 6.87. The van der Waals surface area contributed by atoms with Gasteiger partial charge in [0.15, 0.2) is 46.6 Å². The fourth-order valence-corrected chi connectivity index (χ4v) is 10.8. The largest absolute Gasteiger partial charge is 0.279 e. The van der Waals surface area contributed by atoms with Crippen LogP contribution in [0.3, 0.4) is 0 Å². The minimum absolute atomic E-state index is 0.00602. The van der Waals surface area contributed by atoms with Crippen molar-refractivity contribution in [3.05, 3.63) is 126 Å². The predicted octanol–water partition coefficient (Wildman–Crippen LogP) is 13.5. The van der Waals surface area contributed by atoms with E-state index in [0.717, 1.165) is 4.73 Å². The van der Waals surface area contributed by atoms with Crippen LogP contribution in [0.5, 0.6) is 0 Å². The molecule has 9 nitrogen and oxygen atoms in total. The molecule has 4 aromatic carbocycles. The van der Waals surface area contributed by atoms with E-state index in [1.165, 1.54) is 11.1 Å². The van der Waals surface area contributed by atoms with E-state index < -0.39 is 12.3 Å². The van der Waals surface area contributed by atoms with Crippen LogP contribution < -0.4 is 15.9 Å². The van der Waals surface area contributed by atoms with Crippen molar-refractivity contribution in [1.82, 2.24) is 9.79 Å². The van der Waals surface area contributed by atoms with Crippen LogP contribution >= 0.6 is 174 Å². The highest BCUT2D eigenvalue weighted by Crippen LogP contribution is 2.53. The summed E-state index contributed by atoms with van der Waals surface area (Å²) < 4.78 is 1.16. The van der Waals surface area contributed by atoms with E-state index in [2.05, 4.69) is 0 Å². The molecule has 0 saturated carbocycles. The highest BCUT2D eigenvalue weighted by Gasteiger charge is 2.47. The zero-order chi connectivity index (χ0) is 39.7. The van der Waals surface area contributed by atoms with Gasteiger partial charge in [-0.3, -0.25) is 4.94 Å². The molecule has 10 rings (SSSR count). The number of halogens is 15. The summed E-state index contributed by atoms with van der Waals surface area (Å²) in [6.45, 7) is 0. The lowest BCUT2D eigenvalue weighted by molar-refractivity contribution is -0.135. The number of hydroxylamine groups is 2. The normalized spacial score (nSPS) is 21.4. The molecule has 2 unspecified atom stereocenters. The van der Waals surface area contributed by atoms with Crippen molar-refractivity contribution in [2.24, 2.45) is 30.0 Å². The molecule has 0 radical (unpaired) electrons. The third-order valence-corrected chi connectivity index (χ3v) is 15.8. The first kappa shape index (κ1) is 38.8. The molecule has 5 aliphatic rings. The van der Waals surface area contributed by atoms with Gasteiger partial charge in [0, 0.05) is 22.3 Å². The zero-order valence-electron chi connectivity index (χ0n) is 25.9. The monoisotopic (exact) mass is 1040 g/mol. The van der Waals surface area contributed by atoms with Crippen LogP contribution in [0.15, 0.2) is 36.0 Å². The maximum absolute atomic E-state index is 7.02. The average molecular weight is 1050 g/mol. The van der Waals surface area contributed by atoms with E-state index in [4.69, 9.17) is 209 Å². The van der Waals surface area contributed by atoms with E-state index >= 15 is 0 Å². The lowest BCUT2D eigenvalue weighted by Gasteiger charge is -2.25. The van der Waals surface area contributed by atoms with Crippen LogP contribution in [0.1, 0.15) is 45.7 Å². The Labute approximate surface area is 387 Å². The Morgan fingerprint density at radius 3 is 1.54 bits per heavy atom. The van der Waals surface area contributed by atoms with Crippen molar-refractivity contribution in [3.63, 3.8) is 0 Å². The molecule has 0 aliphatic carbocycles. The Morgan fingerprint density at radius 2 is 0.929 bits per heavy atom. The SMILES string of the molecule is Clc1cc(Cl)c2c(c1Cl)C1=NC2/N=C2/c3c(Cl)c(Cl)c(Cl)c(Cl)c3C3/N=C4N=C(/N=c5/c6c(Cl)c(Cl)c(Cl)c(Cl)c6/c(n5ON23)=N/1)c1c(Cl)c(Cl)c(Cl)c(Cl)c1\4. The van der Waals surface area contributed by atoms with Crippen LogP contribution in [0.25, 0.3) is 10.8 Å². The second-order valence-corrected chi connectivity index (χ2v) is 17.8. The standard InChI is InChI=1S/C32H3Cl15N8O/c33-2-1-3(34)12(35)5-4(2)25-48-26(5)51-30-10-11(18(41)24(47)23(46)17(10)40)32-53-28-7-6(13(36)19(42)20(43)14(7)37)27(49-28)52-31-9-8(15(38)21(44)22(45)16(9)39)29(50-25)54(31)56-55(30)32/h1,25,31H/b50-29-,51-30-,52-27-,53-32-. The molecule has 5 aromatic rings. The third kappa shape index (κ3) is 5.06. The van der Waals surface area contributed by atoms with E-state index in [-0.39, 0.29) is 148 Å². The molecule has 24 heteroatoms. The molecule has 0 N–H and O–H groups in total. The molecular weight excluding hydrogens is 1040 g/mol. The second kappa shape index (κ2) is 13.3. The van der Waals surface area contributed by atoms with Gasteiger partial charge in [-0.15, -0.1) is 9.79 Å². The summed E-state index contributed by atoms with van der Waals surface area (Å²) >= 11 is 102. The quantitative estimate of drug-likeness (QED) is 0.114. The van der Waals surface area contributed by atoms with Gasteiger partial charge in [-0.1, -0.05) is 174 Å². The summed E-state index contributed by atoms with van der Waals surface area (Å²) in [5.41, 5.74) is 1.07. The van der Waals surface area contributed by atoms with Crippen LogP contribution in [-0.2, 0) is 0 Å². The Bertz CT molecular complexity index is 3100. The number of hydrogen-bond donors (Lipinski definition) is 0. The number of hydrogen-bond acceptors (Lipinski definition) is 8. The van der Waals surface area contributed by atoms with Crippen molar-refractivity contribution in [2.45, 2.75) is 12.3 Å². The zero-order valence-corrected chi connectivity index (χ0v) is 37.2. The van der Waals surface area contributed by atoms with Crippen molar-refractivity contribution >= 4 is 208 Å². The smallest absolute Gasteiger partial charge is 0.190 e. The van der Waals surface area contributed by atoms with Gasteiger partial charge in [-0.25, -0.2) is 30.0 Å². The third-order valence-electron chi connectivity index (χ3n) is 9.26. The van der Waals surface area contributed by atoms with Crippen LogP contribution in [-0.4, -0.2) is 33.1 Å². The molecule has 6 bridgehead atoms. The number of benzene rings is 4. The van der Waals surface area contributed by atoms with Crippen LogP contribution in [0.2, 0.25) is 75.3 Å². The van der Waals surface area contributed by atoms with Gasteiger partial charge in [0.25, 0.3) is 0 Å². The van der Waals surface area contributed by atoms with Crippen molar-refractivity contribution < 1.29 is 4.94 Å². The molecule has 0 fully saturated rings. The molecule has 0 amide bonds. The van der Waals surface area contributed by atoms with E-state index in [1.807, 2.05) is 0 Å². The van der Waals surface area contributed by atoms with E-state index in [9.17, 15) is 0 Å². The second-order valence-electron chi connectivity index (χ2n) is 12.1. The summed E-state index contributed by atoms with van der Waals surface area (Å²) in [6.07, 6.45) is -2.49. The van der Waals surface area contributed by atoms with Gasteiger partial charge >= 0.3 is 0 Å². The maximum atomic E-state index is 7.02. The summed E-state index contributed by atoms with van der Waals surface area (Å²) in [7, 11) is 0.